The van der Waals surface area contributed by atoms with Crippen LogP contribution in [0.5, 0.6) is 0 Å². The summed E-state index contributed by atoms with van der Waals surface area (Å²) in [6.07, 6.45) is 0.0806. The van der Waals surface area contributed by atoms with Crippen LogP contribution < -0.4 is 0 Å². The van der Waals surface area contributed by atoms with E-state index in [9.17, 15) is 13.6 Å². The number of hydrogen-bond donors (Lipinski definition) is 0. The van der Waals surface area contributed by atoms with Crippen molar-refractivity contribution in [2.75, 3.05) is 13.1 Å². The summed E-state index contributed by atoms with van der Waals surface area (Å²) in [6, 6.07) is 0. The Kier molecular flexibility index (Phi) is 2.44. The monoisotopic (exact) mass is 230 g/mol. The molecule has 1 amide bonds. The molecule has 4 nitrogen and oxygen atoms in total. The van der Waals surface area contributed by atoms with Crippen LogP contribution in [0.2, 0.25) is 0 Å². The molecule has 0 aliphatic carbocycles. The molecule has 88 valence electrons. The Morgan fingerprint density at radius 1 is 1.50 bits per heavy atom. The van der Waals surface area contributed by atoms with Crippen molar-refractivity contribution in [2.45, 2.75) is 26.2 Å². The molecule has 1 fully saturated rings. The van der Waals surface area contributed by atoms with E-state index in [1.165, 1.54) is 0 Å². The van der Waals surface area contributed by atoms with Crippen LogP contribution >= 0.6 is 0 Å². The minimum absolute atomic E-state index is 0.0806. The van der Waals surface area contributed by atoms with Gasteiger partial charge >= 0.3 is 0 Å². The van der Waals surface area contributed by atoms with Gasteiger partial charge in [-0.25, -0.2) is 8.78 Å². The van der Waals surface area contributed by atoms with Crippen molar-refractivity contribution in [3.05, 3.63) is 17.0 Å². The minimum Gasteiger partial charge on any atom is -0.361 e. The number of rotatable bonds is 2. The number of alkyl halides is 2. The van der Waals surface area contributed by atoms with E-state index in [2.05, 4.69) is 5.16 Å². The predicted octanol–water partition coefficient (Wildman–Crippen LogP) is 1.31. The molecule has 0 bridgehead atoms. The number of aromatic nitrogens is 1. The third-order valence-electron chi connectivity index (χ3n) is 2.71. The Morgan fingerprint density at radius 3 is 2.56 bits per heavy atom. The summed E-state index contributed by atoms with van der Waals surface area (Å²) in [4.78, 5) is 12.8. The van der Waals surface area contributed by atoms with Gasteiger partial charge in [-0.05, 0) is 13.8 Å². The van der Waals surface area contributed by atoms with Gasteiger partial charge in [0.05, 0.1) is 25.2 Å². The first kappa shape index (κ1) is 11.0. The zero-order chi connectivity index (χ0) is 11.9. The van der Waals surface area contributed by atoms with E-state index < -0.39 is 19.0 Å². The van der Waals surface area contributed by atoms with E-state index >= 15 is 0 Å². The first-order chi connectivity index (χ1) is 7.39. The smallest absolute Gasteiger partial charge is 0.282 e. The lowest BCUT2D eigenvalue weighted by Crippen LogP contribution is -2.58. The van der Waals surface area contributed by atoms with Gasteiger partial charge in [0.25, 0.3) is 5.92 Å². The van der Waals surface area contributed by atoms with Crippen molar-refractivity contribution >= 4 is 5.91 Å². The van der Waals surface area contributed by atoms with Crippen molar-refractivity contribution in [1.29, 1.82) is 0 Å². The zero-order valence-corrected chi connectivity index (χ0v) is 9.09. The number of hydrogen-bond acceptors (Lipinski definition) is 3. The first-order valence-electron chi connectivity index (χ1n) is 4.96. The van der Waals surface area contributed by atoms with Crippen molar-refractivity contribution in [1.82, 2.24) is 10.1 Å². The summed E-state index contributed by atoms with van der Waals surface area (Å²) in [5, 5.41) is 3.71. The maximum atomic E-state index is 12.6. The average Bonchev–Trinajstić information content (AvgIpc) is 2.45. The minimum atomic E-state index is -2.71. The number of carbonyl (C=O) groups is 1. The fourth-order valence-corrected chi connectivity index (χ4v) is 1.71. The lowest BCUT2D eigenvalue weighted by Gasteiger charge is -2.38. The van der Waals surface area contributed by atoms with E-state index in [0.717, 1.165) is 4.90 Å². The third kappa shape index (κ3) is 1.91. The van der Waals surface area contributed by atoms with Gasteiger partial charge in [-0.1, -0.05) is 5.16 Å². The van der Waals surface area contributed by atoms with E-state index in [1.54, 1.807) is 13.8 Å². The van der Waals surface area contributed by atoms with Crippen LogP contribution in [0.25, 0.3) is 0 Å². The topological polar surface area (TPSA) is 46.3 Å². The van der Waals surface area contributed by atoms with Crippen molar-refractivity contribution in [2.24, 2.45) is 0 Å². The molecule has 0 aromatic carbocycles. The summed E-state index contributed by atoms with van der Waals surface area (Å²) in [5.41, 5.74) is 1.33. The SMILES string of the molecule is Cc1noc(C)c1CC(=O)N1CC(F)(F)C1. The highest BCUT2D eigenvalue weighted by Crippen LogP contribution is 2.27. The van der Waals surface area contributed by atoms with Crippen LogP contribution in [0, 0.1) is 13.8 Å². The number of carbonyl (C=O) groups excluding carboxylic acids is 1. The van der Waals surface area contributed by atoms with Crippen LogP contribution in [0.3, 0.4) is 0 Å². The molecule has 2 heterocycles. The molecule has 0 unspecified atom stereocenters. The van der Waals surface area contributed by atoms with Crippen LogP contribution in [0.15, 0.2) is 4.52 Å². The van der Waals surface area contributed by atoms with E-state index in [1.807, 2.05) is 0 Å². The molecular formula is C10H12F2N2O2. The number of likely N-dealkylation sites (tertiary alicyclic amines) is 1. The number of aryl methyl sites for hydroxylation is 2. The zero-order valence-electron chi connectivity index (χ0n) is 9.09. The van der Waals surface area contributed by atoms with Gasteiger partial charge in [0.15, 0.2) is 0 Å². The standard InChI is InChI=1S/C10H12F2N2O2/c1-6-8(7(2)16-13-6)3-9(15)14-4-10(11,12)5-14/h3-5H2,1-2H3. The van der Waals surface area contributed by atoms with Crippen molar-refractivity contribution < 1.29 is 18.1 Å². The Morgan fingerprint density at radius 2 is 2.12 bits per heavy atom. The van der Waals surface area contributed by atoms with E-state index in [-0.39, 0.29) is 12.3 Å². The highest BCUT2D eigenvalue weighted by atomic mass is 19.3. The lowest BCUT2D eigenvalue weighted by molar-refractivity contribution is -0.165. The molecule has 0 atom stereocenters. The van der Waals surface area contributed by atoms with Gasteiger partial charge in [-0.3, -0.25) is 4.79 Å². The normalized spacial score (nSPS) is 18.4. The fourth-order valence-electron chi connectivity index (χ4n) is 1.71. The summed E-state index contributed by atoms with van der Waals surface area (Å²) in [7, 11) is 0. The summed E-state index contributed by atoms with van der Waals surface area (Å²) in [6.45, 7) is 2.47. The summed E-state index contributed by atoms with van der Waals surface area (Å²) in [5.74, 6) is -2.45. The largest absolute Gasteiger partial charge is 0.361 e. The van der Waals surface area contributed by atoms with Gasteiger partial charge in [0.1, 0.15) is 5.76 Å². The molecule has 0 N–H and O–H groups in total. The molecule has 0 radical (unpaired) electrons. The first-order valence-corrected chi connectivity index (χ1v) is 4.96. The van der Waals surface area contributed by atoms with Crippen LogP contribution in [0.1, 0.15) is 17.0 Å². The van der Waals surface area contributed by atoms with Crippen LogP contribution in [-0.2, 0) is 11.2 Å². The van der Waals surface area contributed by atoms with Crippen LogP contribution in [-0.4, -0.2) is 35.0 Å². The van der Waals surface area contributed by atoms with Gasteiger partial charge in [0.2, 0.25) is 5.91 Å². The molecule has 1 aromatic rings. The Balaban J connectivity index is 1.99. The number of halogens is 2. The van der Waals surface area contributed by atoms with Gasteiger partial charge in [-0.15, -0.1) is 0 Å². The molecule has 0 spiro atoms. The van der Waals surface area contributed by atoms with Gasteiger partial charge in [-0.2, -0.15) is 0 Å². The maximum Gasteiger partial charge on any atom is 0.282 e. The Bertz CT molecular complexity index is 401. The van der Waals surface area contributed by atoms with Crippen molar-refractivity contribution in [3.63, 3.8) is 0 Å². The average molecular weight is 230 g/mol. The quantitative estimate of drug-likeness (QED) is 0.769. The molecule has 0 saturated carbocycles. The molecule has 2 rings (SSSR count). The third-order valence-corrected chi connectivity index (χ3v) is 2.71. The van der Waals surface area contributed by atoms with Crippen LogP contribution in [0.4, 0.5) is 8.78 Å². The fraction of sp³-hybridized carbons (Fsp3) is 0.600. The summed E-state index contributed by atoms with van der Waals surface area (Å²) < 4.78 is 30.0. The predicted molar refractivity (Wildman–Crippen MR) is 51.2 cm³/mol. The van der Waals surface area contributed by atoms with E-state index in [4.69, 9.17) is 4.52 Å². The number of nitrogens with zero attached hydrogens (tertiary/aromatic N) is 2. The molecule has 1 aliphatic rings. The second-order valence-electron chi connectivity index (χ2n) is 4.09. The highest BCUT2D eigenvalue weighted by Gasteiger charge is 2.46. The van der Waals surface area contributed by atoms with Gasteiger partial charge in [0, 0.05) is 5.56 Å². The number of amides is 1. The lowest BCUT2D eigenvalue weighted by atomic mass is 10.1. The Hall–Kier alpha value is -1.46. The second-order valence-corrected chi connectivity index (χ2v) is 4.09. The van der Waals surface area contributed by atoms with Gasteiger partial charge < -0.3 is 9.42 Å². The van der Waals surface area contributed by atoms with E-state index in [0.29, 0.717) is 17.0 Å². The molecule has 1 aliphatic heterocycles. The molecule has 1 saturated heterocycles. The highest BCUT2D eigenvalue weighted by molar-refractivity contribution is 5.80. The van der Waals surface area contributed by atoms with Crippen molar-refractivity contribution in [3.8, 4) is 0 Å². The molecule has 1 aromatic heterocycles. The molecule has 6 heteroatoms. The maximum absolute atomic E-state index is 12.6. The Labute approximate surface area is 91.2 Å². The second kappa shape index (κ2) is 3.54. The molecular weight excluding hydrogens is 218 g/mol. The summed E-state index contributed by atoms with van der Waals surface area (Å²) >= 11 is 0. The molecule has 16 heavy (non-hydrogen) atoms.